The maximum atomic E-state index is 15.0. The molecule has 188 valence electrons. The van der Waals surface area contributed by atoms with Crippen LogP contribution in [-0.4, -0.2) is 51.9 Å². The van der Waals surface area contributed by atoms with Crippen molar-refractivity contribution in [2.45, 2.75) is 25.0 Å². The van der Waals surface area contributed by atoms with Crippen molar-refractivity contribution in [2.24, 2.45) is 13.0 Å². The van der Waals surface area contributed by atoms with Gasteiger partial charge >= 0.3 is 0 Å². The predicted molar refractivity (Wildman–Crippen MR) is 137 cm³/mol. The second kappa shape index (κ2) is 10.0. The first-order valence-electron chi connectivity index (χ1n) is 12.1. The van der Waals surface area contributed by atoms with Crippen LogP contribution < -0.4 is 4.90 Å². The first-order valence-corrected chi connectivity index (χ1v) is 13.2. The van der Waals surface area contributed by atoms with E-state index in [2.05, 4.69) is 6.92 Å². The van der Waals surface area contributed by atoms with E-state index in [-0.39, 0.29) is 29.7 Å². The van der Waals surface area contributed by atoms with Crippen molar-refractivity contribution in [2.75, 3.05) is 30.3 Å². The van der Waals surface area contributed by atoms with E-state index < -0.39 is 16.9 Å². The molecular formula is C27H28F2N4O2S. The SMILES string of the molecule is CC1CCN(C(=O)CN2C(=O)CS[C@H](c3ccc(F)cc3F)c3c(-c4ccccc4)nn(C)c32)CC1. The number of carbonyl (C=O) groups excluding carboxylic acids is 2. The minimum atomic E-state index is -0.680. The Balaban J connectivity index is 1.61. The highest BCUT2D eigenvalue weighted by molar-refractivity contribution is 8.00. The fraction of sp³-hybridized carbons (Fsp3) is 0.370. The average molecular weight is 511 g/mol. The Kier molecular flexibility index (Phi) is 6.83. The molecular weight excluding hydrogens is 482 g/mol. The summed E-state index contributed by atoms with van der Waals surface area (Å²) in [6.45, 7) is 3.42. The molecule has 2 amide bonds. The van der Waals surface area contributed by atoms with Crippen LogP contribution in [0.15, 0.2) is 48.5 Å². The van der Waals surface area contributed by atoms with Gasteiger partial charge in [0.1, 0.15) is 24.0 Å². The second-order valence-corrected chi connectivity index (χ2v) is 10.6. The Morgan fingerprint density at radius 3 is 2.53 bits per heavy atom. The molecule has 36 heavy (non-hydrogen) atoms. The molecule has 2 aliphatic rings. The molecule has 1 saturated heterocycles. The van der Waals surface area contributed by atoms with E-state index in [0.29, 0.717) is 36.1 Å². The predicted octanol–water partition coefficient (Wildman–Crippen LogP) is 4.79. The maximum absolute atomic E-state index is 15.0. The Morgan fingerprint density at radius 1 is 1.11 bits per heavy atom. The highest BCUT2D eigenvalue weighted by Gasteiger charge is 2.38. The smallest absolute Gasteiger partial charge is 0.242 e. The first-order chi connectivity index (χ1) is 17.3. The molecule has 0 saturated carbocycles. The van der Waals surface area contributed by atoms with Crippen LogP contribution in [0.1, 0.15) is 36.1 Å². The van der Waals surface area contributed by atoms with Gasteiger partial charge in [-0.15, -0.1) is 11.8 Å². The Labute approximate surface area is 213 Å². The fourth-order valence-electron chi connectivity index (χ4n) is 4.95. The number of hydrogen-bond acceptors (Lipinski definition) is 4. The van der Waals surface area contributed by atoms with Crippen LogP contribution >= 0.6 is 11.8 Å². The van der Waals surface area contributed by atoms with E-state index >= 15 is 4.39 Å². The summed E-state index contributed by atoms with van der Waals surface area (Å²) < 4.78 is 30.4. The van der Waals surface area contributed by atoms with Crippen LogP contribution in [0.2, 0.25) is 0 Å². The van der Waals surface area contributed by atoms with Crippen molar-refractivity contribution in [1.82, 2.24) is 14.7 Å². The number of anilines is 1. The van der Waals surface area contributed by atoms with Crippen molar-refractivity contribution >= 4 is 29.4 Å². The van der Waals surface area contributed by atoms with E-state index in [4.69, 9.17) is 5.10 Å². The van der Waals surface area contributed by atoms with Gasteiger partial charge in [-0.05, 0) is 24.8 Å². The summed E-state index contributed by atoms with van der Waals surface area (Å²) in [7, 11) is 1.73. The lowest BCUT2D eigenvalue weighted by Crippen LogP contribution is -2.46. The number of nitrogens with zero attached hydrogens (tertiary/aromatic N) is 4. The van der Waals surface area contributed by atoms with Crippen LogP contribution in [0.25, 0.3) is 11.3 Å². The molecule has 6 nitrogen and oxygen atoms in total. The molecule has 2 aliphatic heterocycles. The quantitative estimate of drug-likeness (QED) is 0.506. The third kappa shape index (κ3) is 4.64. The van der Waals surface area contributed by atoms with Crippen LogP contribution in [0.4, 0.5) is 14.6 Å². The summed E-state index contributed by atoms with van der Waals surface area (Å²) in [5.74, 6) is -0.600. The molecule has 3 heterocycles. The molecule has 2 aromatic carbocycles. The van der Waals surface area contributed by atoms with Gasteiger partial charge in [0.15, 0.2) is 0 Å². The van der Waals surface area contributed by atoms with Crippen LogP contribution in [0, 0.1) is 17.6 Å². The number of thioether (sulfide) groups is 1. The van der Waals surface area contributed by atoms with Gasteiger partial charge in [0.25, 0.3) is 0 Å². The minimum Gasteiger partial charge on any atom is -0.341 e. The number of aryl methyl sites for hydroxylation is 1. The number of aromatic nitrogens is 2. The lowest BCUT2D eigenvalue weighted by atomic mass is 9.98. The van der Waals surface area contributed by atoms with Crippen molar-refractivity contribution in [3.8, 4) is 11.3 Å². The molecule has 1 fully saturated rings. The molecule has 9 heteroatoms. The molecule has 0 bridgehead atoms. The highest BCUT2D eigenvalue weighted by Crippen LogP contribution is 2.48. The van der Waals surface area contributed by atoms with Crippen LogP contribution in [0.5, 0.6) is 0 Å². The largest absolute Gasteiger partial charge is 0.341 e. The Bertz CT molecular complexity index is 1290. The van der Waals surface area contributed by atoms with Gasteiger partial charge in [-0.1, -0.05) is 43.3 Å². The molecule has 0 radical (unpaired) electrons. The van der Waals surface area contributed by atoms with Crippen molar-refractivity contribution in [3.63, 3.8) is 0 Å². The summed E-state index contributed by atoms with van der Waals surface area (Å²) in [6, 6.07) is 13.0. The minimum absolute atomic E-state index is 0.0503. The van der Waals surface area contributed by atoms with Crippen molar-refractivity contribution in [3.05, 3.63) is 71.3 Å². The lowest BCUT2D eigenvalue weighted by Gasteiger charge is -2.32. The first kappa shape index (κ1) is 24.5. The van der Waals surface area contributed by atoms with Gasteiger partial charge in [-0.25, -0.2) is 8.78 Å². The number of hydrogen-bond donors (Lipinski definition) is 0. The number of rotatable bonds is 4. The zero-order valence-corrected chi connectivity index (χ0v) is 21.1. The third-order valence-corrected chi connectivity index (χ3v) is 8.20. The standard InChI is InChI=1S/C27H28F2N4O2S/c1-17-10-12-32(13-11-17)22(34)15-33-23(35)16-36-26(20-9-8-19(28)14-21(20)29)24-25(30-31(2)27(24)33)18-6-4-3-5-7-18/h3-9,14,17,26H,10-13,15-16H2,1-2H3/t26-/m1/s1. The summed E-state index contributed by atoms with van der Waals surface area (Å²) in [6.07, 6.45) is 1.88. The summed E-state index contributed by atoms with van der Waals surface area (Å²) >= 11 is 1.26. The van der Waals surface area contributed by atoms with E-state index in [1.807, 2.05) is 35.2 Å². The van der Waals surface area contributed by atoms with Crippen LogP contribution in [-0.2, 0) is 16.6 Å². The zero-order chi connectivity index (χ0) is 25.4. The van der Waals surface area contributed by atoms with Gasteiger partial charge in [0, 0.05) is 42.9 Å². The molecule has 5 rings (SSSR count). The van der Waals surface area contributed by atoms with E-state index in [9.17, 15) is 14.0 Å². The topological polar surface area (TPSA) is 58.4 Å². The van der Waals surface area contributed by atoms with Crippen LogP contribution in [0.3, 0.4) is 0 Å². The fourth-order valence-corrected chi connectivity index (χ4v) is 6.17. The molecule has 3 aromatic rings. The average Bonchev–Trinajstić information content (AvgIpc) is 3.13. The molecule has 0 aliphatic carbocycles. The van der Waals surface area contributed by atoms with E-state index in [1.165, 1.54) is 28.8 Å². The van der Waals surface area contributed by atoms with Gasteiger partial charge in [-0.2, -0.15) is 5.10 Å². The number of piperidine rings is 1. The number of amides is 2. The van der Waals surface area contributed by atoms with Gasteiger partial charge < -0.3 is 4.90 Å². The highest BCUT2D eigenvalue weighted by atomic mass is 32.2. The molecule has 1 aromatic heterocycles. The molecule has 1 atom stereocenters. The number of benzene rings is 2. The number of halogens is 2. The Morgan fingerprint density at radius 2 is 1.83 bits per heavy atom. The van der Waals surface area contributed by atoms with Gasteiger partial charge in [-0.3, -0.25) is 19.2 Å². The number of likely N-dealkylation sites (tertiary alicyclic amines) is 1. The zero-order valence-electron chi connectivity index (χ0n) is 20.3. The maximum Gasteiger partial charge on any atom is 0.242 e. The monoisotopic (exact) mass is 510 g/mol. The third-order valence-electron chi connectivity index (χ3n) is 6.97. The molecule has 0 unspecified atom stereocenters. The lowest BCUT2D eigenvalue weighted by molar-refractivity contribution is -0.132. The normalized spacial score (nSPS) is 18.8. The summed E-state index contributed by atoms with van der Waals surface area (Å²) in [4.78, 5) is 30.0. The van der Waals surface area contributed by atoms with Crippen molar-refractivity contribution in [1.29, 1.82) is 0 Å². The van der Waals surface area contributed by atoms with Gasteiger partial charge in [0.05, 0.1) is 16.7 Å². The second-order valence-electron chi connectivity index (χ2n) is 9.48. The van der Waals surface area contributed by atoms with E-state index in [0.717, 1.165) is 24.5 Å². The van der Waals surface area contributed by atoms with Crippen molar-refractivity contribution < 1.29 is 18.4 Å². The summed E-state index contributed by atoms with van der Waals surface area (Å²) in [5.41, 5.74) is 2.34. The molecule has 0 spiro atoms. The number of fused-ring (bicyclic) bond motifs is 1. The molecule has 0 N–H and O–H groups in total. The Hall–Kier alpha value is -3.20. The van der Waals surface area contributed by atoms with E-state index in [1.54, 1.807) is 11.7 Å². The number of carbonyl (C=O) groups is 2. The summed E-state index contributed by atoms with van der Waals surface area (Å²) in [5, 5.41) is 4.12. The van der Waals surface area contributed by atoms with Gasteiger partial charge in [0.2, 0.25) is 11.8 Å².